The molecule has 1 N–H and O–H groups in total. The summed E-state index contributed by atoms with van der Waals surface area (Å²) in [4.78, 5) is 21.4. The topological polar surface area (TPSA) is 54.4 Å². The zero-order valence-corrected chi connectivity index (χ0v) is 16.7. The summed E-state index contributed by atoms with van der Waals surface area (Å²) in [7, 11) is 0. The lowest BCUT2D eigenvalue weighted by molar-refractivity contribution is 0.0999. The number of anilines is 1. The van der Waals surface area contributed by atoms with E-state index in [0.29, 0.717) is 11.3 Å². The van der Waals surface area contributed by atoms with Crippen LogP contribution in [-0.2, 0) is 6.42 Å². The third-order valence-electron chi connectivity index (χ3n) is 5.91. The van der Waals surface area contributed by atoms with Gasteiger partial charge in [-0.15, -0.1) is 0 Å². The van der Waals surface area contributed by atoms with Crippen molar-refractivity contribution < 1.29 is 9.18 Å². The second-order valence-electron chi connectivity index (χ2n) is 7.88. The van der Waals surface area contributed by atoms with Crippen LogP contribution in [-0.4, -0.2) is 23.0 Å². The Morgan fingerprint density at radius 2 is 1.93 bits per heavy atom. The Morgan fingerprint density at radius 1 is 1.10 bits per heavy atom. The molecular weight excluding hydrogens is 377 g/mol. The minimum absolute atomic E-state index is 0.0550. The number of nitrogens with zero attached hydrogens (tertiary/aromatic N) is 2. The summed E-state index contributed by atoms with van der Waals surface area (Å²) in [6, 6.07) is 15.2. The number of rotatable bonds is 4. The average molecular weight is 399 g/mol. The first-order chi connectivity index (χ1) is 14.7. The number of aromatic nitrogens is 1. The monoisotopic (exact) mass is 399 g/mol. The zero-order chi connectivity index (χ0) is 20.7. The number of aryl methyl sites for hydroxylation is 1. The number of carbonyl (C=O) groups is 1. The van der Waals surface area contributed by atoms with E-state index < -0.39 is 5.82 Å². The highest BCUT2D eigenvalue weighted by Gasteiger charge is 2.40. The van der Waals surface area contributed by atoms with Gasteiger partial charge in [-0.25, -0.2) is 4.39 Å². The second-order valence-corrected chi connectivity index (χ2v) is 7.88. The first kappa shape index (κ1) is 18.7. The Bertz CT molecular complexity index is 1160. The largest absolute Gasteiger partial charge is 0.377 e. The zero-order valence-electron chi connectivity index (χ0n) is 16.7. The summed E-state index contributed by atoms with van der Waals surface area (Å²) in [6.07, 6.45) is 5.61. The third-order valence-corrected chi connectivity index (χ3v) is 5.91. The van der Waals surface area contributed by atoms with Crippen LogP contribution in [0.5, 0.6) is 0 Å². The van der Waals surface area contributed by atoms with E-state index in [9.17, 15) is 9.18 Å². The molecule has 0 saturated carbocycles. The van der Waals surface area contributed by atoms with E-state index >= 15 is 0 Å². The number of pyridine rings is 1. The molecular formula is C25H22FN3O. The molecule has 0 amide bonds. The van der Waals surface area contributed by atoms with Crippen LogP contribution in [0.25, 0.3) is 0 Å². The van der Waals surface area contributed by atoms with E-state index in [-0.39, 0.29) is 24.3 Å². The molecule has 2 aliphatic heterocycles. The summed E-state index contributed by atoms with van der Waals surface area (Å²) in [5, 5.41) is 3.51. The van der Waals surface area contributed by atoms with Crippen LogP contribution in [0.3, 0.4) is 0 Å². The van der Waals surface area contributed by atoms with E-state index in [1.54, 1.807) is 12.4 Å². The van der Waals surface area contributed by atoms with Gasteiger partial charge in [0.1, 0.15) is 12.4 Å². The van der Waals surface area contributed by atoms with Crippen LogP contribution >= 0.6 is 0 Å². The maximum atomic E-state index is 14.3. The summed E-state index contributed by atoms with van der Waals surface area (Å²) >= 11 is 0. The average Bonchev–Trinajstić information content (AvgIpc) is 2.76. The Kier molecular flexibility index (Phi) is 4.66. The van der Waals surface area contributed by atoms with Gasteiger partial charge in [0.2, 0.25) is 0 Å². The first-order valence-corrected chi connectivity index (χ1v) is 10.3. The molecule has 30 heavy (non-hydrogen) atoms. The minimum Gasteiger partial charge on any atom is -0.377 e. The molecule has 0 saturated heterocycles. The van der Waals surface area contributed by atoms with Crippen LogP contribution in [0.1, 0.15) is 57.9 Å². The fraction of sp³-hybridized carbons (Fsp3) is 0.240. The van der Waals surface area contributed by atoms with Crippen LogP contribution in [0.2, 0.25) is 0 Å². The predicted octanol–water partition coefficient (Wildman–Crippen LogP) is 5.11. The Morgan fingerprint density at radius 3 is 2.73 bits per heavy atom. The number of Topliss-reactive ketones (excluding diaryl/α,β-unsaturated/α-hetero) is 1. The van der Waals surface area contributed by atoms with Crippen LogP contribution in [0, 0.1) is 5.82 Å². The van der Waals surface area contributed by atoms with Gasteiger partial charge < -0.3 is 5.32 Å². The molecule has 0 spiro atoms. The highest BCUT2D eigenvalue weighted by Crippen LogP contribution is 2.45. The van der Waals surface area contributed by atoms with E-state index in [1.807, 2.05) is 12.1 Å². The Balaban J connectivity index is 1.73. The molecule has 2 aromatic carbocycles. The standard InChI is InChI=1S/C25H22FN3O/c1-2-4-15-5-3-6-17(11-15)22-24(16-7-9-27-10-8-16)29-20-13-18(26)12-19-21(30)14-28-25(22)23(19)20/h3,5-13,22,24,29H,2,4,14H2,1H3. The van der Waals surface area contributed by atoms with E-state index in [1.165, 1.54) is 17.7 Å². The number of hydrogen-bond donors (Lipinski definition) is 1. The number of benzene rings is 2. The van der Waals surface area contributed by atoms with Gasteiger partial charge in [0.05, 0.1) is 17.7 Å². The van der Waals surface area contributed by atoms with E-state index in [0.717, 1.165) is 35.2 Å². The molecule has 5 rings (SSSR count). The van der Waals surface area contributed by atoms with Crippen molar-refractivity contribution in [2.45, 2.75) is 31.7 Å². The van der Waals surface area contributed by atoms with Gasteiger partial charge >= 0.3 is 0 Å². The van der Waals surface area contributed by atoms with E-state index in [2.05, 4.69) is 41.5 Å². The fourth-order valence-corrected chi connectivity index (χ4v) is 4.63. The molecule has 0 fully saturated rings. The maximum absolute atomic E-state index is 14.3. The number of halogens is 1. The molecule has 0 aliphatic carbocycles. The molecule has 3 heterocycles. The number of ketones is 1. The number of hydrogen-bond acceptors (Lipinski definition) is 4. The van der Waals surface area contributed by atoms with Crippen molar-refractivity contribution >= 4 is 17.2 Å². The molecule has 2 atom stereocenters. The van der Waals surface area contributed by atoms with Crippen molar-refractivity contribution in [3.05, 3.63) is 94.6 Å². The SMILES string of the molecule is CCCc1cccc(C2C3=NCC(=O)c4cc(F)cc(c43)NC2c2ccncc2)c1. The Hall–Kier alpha value is -3.34. The number of aliphatic imine (C=N–C) groups is 1. The van der Waals surface area contributed by atoms with Gasteiger partial charge in [-0.05, 0) is 47.4 Å². The normalized spacial score (nSPS) is 19.7. The van der Waals surface area contributed by atoms with Crippen LogP contribution < -0.4 is 5.32 Å². The third kappa shape index (κ3) is 3.11. The quantitative estimate of drug-likeness (QED) is 0.663. The van der Waals surface area contributed by atoms with Crippen molar-refractivity contribution in [2.24, 2.45) is 4.99 Å². The predicted molar refractivity (Wildman–Crippen MR) is 116 cm³/mol. The molecule has 0 radical (unpaired) electrons. The lowest BCUT2D eigenvalue weighted by atomic mass is 9.75. The van der Waals surface area contributed by atoms with Crippen LogP contribution in [0.15, 0.2) is 65.9 Å². The molecule has 150 valence electrons. The van der Waals surface area contributed by atoms with Crippen molar-refractivity contribution in [3.8, 4) is 0 Å². The lowest BCUT2D eigenvalue weighted by Gasteiger charge is -2.38. The summed E-state index contributed by atoms with van der Waals surface area (Å²) in [6.45, 7) is 2.22. The summed E-state index contributed by atoms with van der Waals surface area (Å²) in [5.74, 6) is -0.645. The lowest BCUT2D eigenvalue weighted by Crippen LogP contribution is -2.36. The van der Waals surface area contributed by atoms with Gasteiger partial charge in [0.25, 0.3) is 0 Å². The van der Waals surface area contributed by atoms with Crippen molar-refractivity contribution in [3.63, 3.8) is 0 Å². The molecule has 3 aromatic rings. The molecule has 4 nitrogen and oxygen atoms in total. The van der Waals surface area contributed by atoms with Gasteiger partial charge in [-0.3, -0.25) is 14.8 Å². The van der Waals surface area contributed by atoms with Crippen molar-refractivity contribution in [1.29, 1.82) is 0 Å². The summed E-state index contributed by atoms with van der Waals surface area (Å²) < 4.78 is 14.3. The molecule has 2 unspecified atom stereocenters. The number of nitrogens with one attached hydrogen (secondary N) is 1. The maximum Gasteiger partial charge on any atom is 0.185 e. The number of carbonyl (C=O) groups excluding carboxylic acids is 1. The molecule has 2 aliphatic rings. The highest BCUT2D eigenvalue weighted by atomic mass is 19.1. The van der Waals surface area contributed by atoms with Crippen LogP contribution in [0.4, 0.5) is 10.1 Å². The molecule has 0 bridgehead atoms. The molecule has 1 aromatic heterocycles. The minimum atomic E-state index is -0.414. The summed E-state index contributed by atoms with van der Waals surface area (Å²) in [5.41, 5.74) is 6.11. The van der Waals surface area contributed by atoms with Gasteiger partial charge in [0.15, 0.2) is 5.78 Å². The first-order valence-electron chi connectivity index (χ1n) is 10.3. The fourth-order valence-electron chi connectivity index (χ4n) is 4.63. The molecule has 5 heteroatoms. The Labute approximate surface area is 174 Å². The van der Waals surface area contributed by atoms with E-state index in [4.69, 9.17) is 4.99 Å². The van der Waals surface area contributed by atoms with Crippen molar-refractivity contribution in [2.75, 3.05) is 11.9 Å². The smallest absolute Gasteiger partial charge is 0.185 e. The van der Waals surface area contributed by atoms with Gasteiger partial charge in [-0.2, -0.15) is 0 Å². The van der Waals surface area contributed by atoms with Crippen molar-refractivity contribution in [1.82, 2.24) is 4.98 Å². The second kappa shape index (κ2) is 7.48. The van der Waals surface area contributed by atoms with Gasteiger partial charge in [-0.1, -0.05) is 37.6 Å². The van der Waals surface area contributed by atoms with Gasteiger partial charge in [0, 0.05) is 29.2 Å². The highest BCUT2D eigenvalue weighted by molar-refractivity contribution is 6.21.